The van der Waals surface area contributed by atoms with Crippen LogP contribution in [0.5, 0.6) is 0 Å². The third kappa shape index (κ3) is 3.39. The summed E-state index contributed by atoms with van der Waals surface area (Å²) in [7, 11) is 0. The molecule has 0 atom stereocenters. The van der Waals surface area contributed by atoms with Gasteiger partial charge in [-0.3, -0.25) is 0 Å². The Hall–Kier alpha value is -3.20. The number of hydrogen-bond donors (Lipinski definition) is 0. The van der Waals surface area contributed by atoms with Crippen molar-refractivity contribution in [1.82, 2.24) is 9.38 Å². The van der Waals surface area contributed by atoms with E-state index in [0.717, 1.165) is 39.0 Å². The zero-order valence-corrected chi connectivity index (χ0v) is 23.2. The van der Waals surface area contributed by atoms with E-state index >= 15 is 0 Å². The molecule has 6 rings (SSSR count). The van der Waals surface area contributed by atoms with Crippen molar-refractivity contribution >= 4 is 27.5 Å². The van der Waals surface area contributed by atoms with Gasteiger partial charge in [0.05, 0.1) is 5.69 Å². The summed E-state index contributed by atoms with van der Waals surface area (Å²) in [5, 5.41) is 2.05. The minimum atomic E-state index is 0. The first-order valence-corrected chi connectivity index (χ1v) is 11.7. The van der Waals surface area contributed by atoms with E-state index in [0.29, 0.717) is 0 Å². The van der Waals surface area contributed by atoms with Gasteiger partial charge in [-0.25, -0.2) is 0 Å². The second kappa shape index (κ2) is 8.48. The van der Waals surface area contributed by atoms with Gasteiger partial charge in [0.2, 0.25) is 0 Å². The standard InChI is InChI=1S/C31H27N2O.Ir/c1-17-9-7-10-18(2)26(17)25-16-32-31-23-15-22(6)34-30(23)29-24(33(25)31)14-13-21(5)28(29)27-19(3)11-8-12-20(27)4;/h7-14,16H,1-6H3;/q-1;. The molecule has 4 heteroatoms. The van der Waals surface area contributed by atoms with Gasteiger partial charge in [0.1, 0.15) is 0 Å². The fraction of sp³-hybridized carbons (Fsp3) is 0.194. The number of aryl methyl sites for hydroxylation is 6. The van der Waals surface area contributed by atoms with Crippen molar-refractivity contribution in [3.8, 4) is 22.4 Å². The first-order valence-electron chi connectivity index (χ1n) is 11.7. The molecule has 0 saturated carbocycles. The van der Waals surface area contributed by atoms with Crippen LogP contribution in [0.15, 0.2) is 59.1 Å². The van der Waals surface area contributed by atoms with Crippen molar-refractivity contribution in [2.24, 2.45) is 0 Å². The fourth-order valence-electron chi connectivity index (χ4n) is 5.61. The first kappa shape index (κ1) is 23.5. The molecule has 0 bridgehead atoms. The Labute approximate surface area is 219 Å². The molecule has 0 unspecified atom stereocenters. The van der Waals surface area contributed by atoms with Gasteiger partial charge < -0.3 is 13.8 Å². The first-order chi connectivity index (χ1) is 16.4. The molecule has 0 N–H and O–H groups in total. The van der Waals surface area contributed by atoms with E-state index in [1.54, 1.807) is 0 Å². The largest absolute Gasteiger partial charge is 0.532 e. The van der Waals surface area contributed by atoms with Gasteiger partial charge in [0, 0.05) is 54.4 Å². The molecule has 6 aromatic rings. The number of pyridine rings is 1. The maximum atomic E-state index is 6.34. The number of hydrogen-bond acceptors (Lipinski definition) is 2. The van der Waals surface area contributed by atoms with Crippen molar-refractivity contribution in [2.75, 3.05) is 0 Å². The van der Waals surface area contributed by atoms with Crippen LogP contribution in [0.25, 0.3) is 49.9 Å². The van der Waals surface area contributed by atoms with E-state index in [1.807, 2.05) is 13.1 Å². The summed E-state index contributed by atoms with van der Waals surface area (Å²) in [5.74, 6) is 0.773. The molecular formula is C31H27IrN2O-. The summed E-state index contributed by atoms with van der Waals surface area (Å²) < 4.78 is 8.64. The van der Waals surface area contributed by atoms with Crippen molar-refractivity contribution < 1.29 is 24.5 Å². The van der Waals surface area contributed by atoms with E-state index in [9.17, 15) is 0 Å². The SMILES string of the molecule is Cc1[c-]c2c(o1)c1c(-c3c(C)cccc3C)c(C)ccc1n1c(-c3c(C)cccc3C)cnc21.[Ir]. The van der Waals surface area contributed by atoms with Crippen LogP contribution in [-0.4, -0.2) is 9.38 Å². The number of furan rings is 1. The number of imidazole rings is 1. The van der Waals surface area contributed by atoms with Gasteiger partial charge in [-0.2, -0.15) is 0 Å². The average Bonchev–Trinajstić information content (AvgIpc) is 3.38. The summed E-state index contributed by atoms with van der Waals surface area (Å²) in [4.78, 5) is 4.90. The van der Waals surface area contributed by atoms with E-state index in [1.165, 1.54) is 44.5 Å². The van der Waals surface area contributed by atoms with E-state index < -0.39 is 0 Å². The van der Waals surface area contributed by atoms with Crippen molar-refractivity contribution in [1.29, 1.82) is 0 Å². The summed E-state index contributed by atoms with van der Waals surface area (Å²) in [5.41, 5.74) is 13.9. The molecule has 3 aromatic heterocycles. The maximum Gasteiger partial charge on any atom is 0.0609 e. The Morgan fingerprint density at radius 3 is 1.91 bits per heavy atom. The van der Waals surface area contributed by atoms with E-state index in [2.05, 4.69) is 93.6 Å². The predicted molar refractivity (Wildman–Crippen MR) is 141 cm³/mol. The predicted octanol–water partition coefficient (Wildman–Crippen LogP) is 8.22. The van der Waals surface area contributed by atoms with Crippen LogP contribution < -0.4 is 0 Å². The van der Waals surface area contributed by atoms with Gasteiger partial charge in [-0.1, -0.05) is 42.5 Å². The quantitative estimate of drug-likeness (QED) is 0.180. The van der Waals surface area contributed by atoms with Crippen LogP contribution in [0.4, 0.5) is 0 Å². The molecule has 0 aliphatic rings. The summed E-state index contributed by atoms with van der Waals surface area (Å²) in [6, 6.07) is 20.9. The van der Waals surface area contributed by atoms with E-state index in [-0.39, 0.29) is 20.1 Å². The topological polar surface area (TPSA) is 30.4 Å². The van der Waals surface area contributed by atoms with Crippen LogP contribution in [0.2, 0.25) is 0 Å². The Balaban J connectivity index is 0.00000253. The minimum absolute atomic E-state index is 0. The monoisotopic (exact) mass is 636 g/mol. The molecule has 0 amide bonds. The van der Waals surface area contributed by atoms with Crippen LogP contribution in [0, 0.1) is 47.6 Å². The normalized spacial score (nSPS) is 11.5. The Morgan fingerprint density at radius 1 is 0.714 bits per heavy atom. The van der Waals surface area contributed by atoms with Gasteiger partial charge in [-0.05, 0) is 91.9 Å². The third-order valence-corrected chi connectivity index (χ3v) is 7.10. The van der Waals surface area contributed by atoms with Gasteiger partial charge in [0.25, 0.3) is 0 Å². The second-order valence-corrected chi connectivity index (χ2v) is 9.48. The molecule has 3 heterocycles. The number of benzene rings is 3. The number of aromatic nitrogens is 2. The zero-order valence-electron chi connectivity index (χ0n) is 20.8. The van der Waals surface area contributed by atoms with Crippen LogP contribution in [-0.2, 0) is 20.1 Å². The molecule has 177 valence electrons. The molecule has 0 fully saturated rings. The molecule has 0 spiro atoms. The molecule has 3 nitrogen and oxygen atoms in total. The summed E-state index contributed by atoms with van der Waals surface area (Å²) >= 11 is 0. The van der Waals surface area contributed by atoms with Crippen LogP contribution in [0.3, 0.4) is 0 Å². The van der Waals surface area contributed by atoms with E-state index in [4.69, 9.17) is 9.40 Å². The smallest absolute Gasteiger partial charge is 0.0609 e. The maximum absolute atomic E-state index is 6.34. The number of nitrogens with zero attached hydrogens (tertiary/aromatic N) is 2. The minimum Gasteiger partial charge on any atom is -0.532 e. The molecule has 0 aliphatic carbocycles. The second-order valence-electron chi connectivity index (χ2n) is 9.48. The fourth-order valence-corrected chi connectivity index (χ4v) is 5.61. The Bertz CT molecular complexity index is 1730. The molecule has 3 aromatic carbocycles. The average molecular weight is 636 g/mol. The molecule has 35 heavy (non-hydrogen) atoms. The number of rotatable bonds is 2. The van der Waals surface area contributed by atoms with Crippen LogP contribution in [0.1, 0.15) is 33.6 Å². The van der Waals surface area contributed by atoms with Crippen molar-refractivity contribution in [3.05, 3.63) is 94.4 Å². The van der Waals surface area contributed by atoms with Gasteiger partial charge in [0.15, 0.2) is 0 Å². The number of fused-ring (bicyclic) bond motifs is 6. The van der Waals surface area contributed by atoms with Gasteiger partial charge >= 0.3 is 0 Å². The zero-order chi connectivity index (χ0) is 23.7. The molecular weight excluding hydrogens is 609 g/mol. The molecule has 0 saturated heterocycles. The Morgan fingerprint density at radius 2 is 1.29 bits per heavy atom. The van der Waals surface area contributed by atoms with Gasteiger partial charge in [-0.15, -0.1) is 11.5 Å². The summed E-state index contributed by atoms with van der Waals surface area (Å²) in [6.45, 7) is 12.9. The molecule has 1 radical (unpaired) electrons. The van der Waals surface area contributed by atoms with Crippen LogP contribution >= 0.6 is 0 Å². The summed E-state index contributed by atoms with van der Waals surface area (Å²) in [6.07, 6.45) is 2.00. The molecule has 0 aliphatic heterocycles. The third-order valence-electron chi connectivity index (χ3n) is 7.10. The van der Waals surface area contributed by atoms with Crippen molar-refractivity contribution in [3.63, 3.8) is 0 Å². The Kier molecular flexibility index (Phi) is 5.70. The van der Waals surface area contributed by atoms with Crippen molar-refractivity contribution in [2.45, 2.75) is 41.5 Å².